The van der Waals surface area contributed by atoms with Crippen molar-refractivity contribution in [2.24, 2.45) is 0 Å². The molecule has 0 unspecified atom stereocenters. The van der Waals surface area contributed by atoms with Gasteiger partial charge in [-0.2, -0.15) is 0 Å². The summed E-state index contributed by atoms with van der Waals surface area (Å²) in [6.07, 6.45) is 5.20. The van der Waals surface area contributed by atoms with Crippen molar-refractivity contribution in [1.82, 2.24) is 24.5 Å². The number of aryl methyl sites for hydroxylation is 3. The molecule has 0 spiro atoms. The van der Waals surface area contributed by atoms with Crippen molar-refractivity contribution in [1.29, 1.82) is 0 Å². The fraction of sp³-hybridized carbons (Fsp3) is 0.357. The minimum Gasteiger partial charge on any atom is -0.327 e. The van der Waals surface area contributed by atoms with Crippen molar-refractivity contribution in [2.45, 2.75) is 25.9 Å². The highest BCUT2D eigenvalue weighted by Crippen LogP contribution is 2.25. The zero-order valence-corrected chi connectivity index (χ0v) is 12.9. The first-order valence-corrected chi connectivity index (χ1v) is 7.74. The number of hydrogen-bond acceptors (Lipinski definition) is 3. The lowest BCUT2D eigenvalue weighted by Gasteiger charge is -2.09. The molecule has 2 aromatic heterocycles. The molecule has 0 aliphatic rings. The van der Waals surface area contributed by atoms with E-state index in [2.05, 4.69) is 19.9 Å². The van der Waals surface area contributed by atoms with Crippen molar-refractivity contribution in [3.63, 3.8) is 0 Å². The highest BCUT2D eigenvalue weighted by Gasteiger charge is 2.12. The Morgan fingerprint density at radius 3 is 2.86 bits per heavy atom. The second-order valence-electron chi connectivity index (χ2n) is 4.75. The van der Waals surface area contributed by atoms with Crippen LogP contribution >= 0.6 is 23.2 Å². The van der Waals surface area contributed by atoms with E-state index in [0.717, 1.165) is 47.8 Å². The Hall–Kier alpha value is -1.59. The summed E-state index contributed by atoms with van der Waals surface area (Å²) in [5.41, 5.74) is 1.90. The van der Waals surface area contributed by atoms with E-state index in [1.807, 2.05) is 29.1 Å². The maximum atomic E-state index is 6.33. The Labute approximate surface area is 132 Å². The van der Waals surface area contributed by atoms with Gasteiger partial charge in [0.15, 0.2) is 0 Å². The molecule has 0 N–H and O–H groups in total. The van der Waals surface area contributed by atoms with Gasteiger partial charge in [-0.1, -0.05) is 22.9 Å². The highest BCUT2D eigenvalue weighted by molar-refractivity contribution is 6.35. The van der Waals surface area contributed by atoms with Crippen LogP contribution in [0.2, 0.25) is 5.02 Å². The molecule has 0 fully saturated rings. The van der Waals surface area contributed by atoms with Gasteiger partial charge in [0, 0.05) is 31.6 Å². The summed E-state index contributed by atoms with van der Waals surface area (Å²) in [6.45, 7) is 1.64. The van der Waals surface area contributed by atoms with Crippen LogP contribution in [-0.4, -0.2) is 30.4 Å². The van der Waals surface area contributed by atoms with Crippen LogP contribution in [0.25, 0.3) is 11.0 Å². The molecule has 0 amide bonds. The van der Waals surface area contributed by atoms with Crippen LogP contribution < -0.4 is 0 Å². The Bertz CT molecular complexity index is 720. The molecule has 0 bridgehead atoms. The number of fused-ring (bicyclic) bond motifs is 1. The summed E-state index contributed by atoms with van der Waals surface area (Å²) >= 11 is 12.2. The number of aromatic nitrogens is 5. The lowest BCUT2D eigenvalue weighted by Crippen LogP contribution is -2.08. The average molecular weight is 324 g/mol. The van der Waals surface area contributed by atoms with Crippen LogP contribution in [0.3, 0.4) is 0 Å². The van der Waals surface area contributed by atoms with Gasteiger partial charge in [-0.15, -0.1) is 16.7 Å². The van der Waals surface area contributed by atoms with E-state index >= 15 is 0 Å². The molecule has 7 heteroatoms. The summed E-state index contributed by atoms with van der Waals surface area (Å²) in [6, 6.07) is 5.79. The molecule has 2 heterocycles. The molecular formula is C14H15Cl2N5. The van der Waals surface area contributed by atoms with Gasteiger partial charge >= 0.3 is 0 Å². The third-order valence-electron chi connectivity index (χ3n) is 3.36. The number of hydrogen-bond donors (Lipinski definition) is 0. The fourth-order valence-electron chi connectivity index (χ4n) is 2.45. The summed E-state index contributed by atoms with van der Waals surface area (Å²) < 4.78 is 3.99. The summed E-state index contributed by atoms with van der Waals surface area (Å²) in [7, 11) is 0. The number of rotatable bonds is 6. The molecule has 3 aromatic rings. The van der Waals surface area contributed by atoms with Crippen LogP contribution in [0.4, 0.5) is 0 Å². The second-order valence-corrected chi connectivity index (χ2v) is 5.53. The van der Waals surface area contributed by atoms with Gasteiger partial charge in [0.05, 0.1) is 22.3 Å². The number of imidazole rings is 1. The number of alkyl halides is 1. The van der Waals surface area contributed by atoms with Crippen molar-refractivity contribution in [2.75, 3.05) is 5.88 Å². The van der Waals surface area contributed by atoms with Crippen LogP contribution in [0, 0.1) is 0 Å². The van der Waals surface area contributed by atoms with Crippen LogP contribution in [0.15, 0.2) is 30.6 Å². The predicted molar refractivity (Wildman–Crippen MR) is 83.8 cm³/mol. The van der Waals surface area contributed by atoms with Gasteiger partial charge in [0.1, 0.15) is 5.82 Å². The van der Waals surface area contributed by atoms with Crippen molar-refractivity contribution in [3.05, 3.63) is 41.4 Å². The summed E-state index contributed by atoms with van der Waals surface area (Å²) in [5, 5.41) is 8.50. The molecule has 0 saturated heterocycles. The zero-order valence-electron chi connectivity index (χ0n) is 11.4. The van der Waals surface area contributed by atoms with Gasteiger partial charge < -0.3 is 4.57 Å². The van der Waals surface area contributed by atoms with Crippen LogP contribution in [-0.2, 0) is 19.5 Å². The van der Waals surface area contributed by atoms with Gasteiger partial charge in [-0.25, -0.2) is 4.98 Å². The molecular weight excluding hydrogens is 309 g/mol. The standard InChI is InChI=1S/C14H15Cl2N5/c15-6-5-13-18-12-4-1-3-11(16)14(12)21(13)9-2-8-20-10-7-17-19-20/h1,3-4,7,10H,2,5-6,8-9H2. The highest BCUT2D eigenvalue weighted by atomic mass is 35.5. The molecule has 1 aromatic carbocycles. The molecule has 21 heavy (non-hydrogen) atoms. The summed E-state index contributed by atoms with van der Waals surface area (Å²) in [4.78, 5) is 4.64. The minimum absolute atomic E-state index is 0.546. The van der Waals surface area contributed by atoms with E-state index in [0.29, 0.717) is 5.88 Å². The first-order valence-electron chi connectivity index (χ1n) is 6.83. The minimum atomic E-state index is 0.546. The van der Waals surface area contributed by atoms with Crippen molar-refractivity contribution in [3.8, 4) is 0 Å². The molecule has 0 aliphatic heterocycles. The number of halogens is 2. The topological polar surface area (TPSA) is 48.5 Å². The quantitative estimate of drug-likeness (QED) is 0.655. The van der Waals surface area contributed by atoms with Gasteiger partial charge in [-0.3, -0.25) is 4.68 Å². The summed E-state index contributed by atoms with van der Waals surface area (Å²) in [5.74, 6) is 1.52. The maximum Gasteiger partial charge on any atom is 0.111 e. The molecule has 0 aliphatic carbocycles. The fourth-order valence-corrected chi connectivity index (χ4v) is 2.89. The van der Waals surface area contributed by atoms with E-state index < -0.39 is 0 Å². The third kappa shape index (κ3) is 3.04. The number of para-hydroxylation sites is 1. The van der Waals surface area contributed by atoms with Gasteiger partial charge in [0.25, 0.3) is 0 Å². The van der Waals surface area contributed by atoms with Crippen molar-refractivity contribution >= 4 is 34.2 Å². The Morgan fingerprint density at radius 1 is 1.19 bits per heavy atom. The monoisotopic (exact) mass is 323 g/mol. The van der Waals surface area contributed by atoms with Gasteiger partial charge in [0.2, 0.25) is 0 Å². The Kier molecular flexibility index (Phi) is 4.41. The Morgan fingerprint density at radius 2 is 2.10 bits per heavy atom. The van der Waals surface area contributed by atoms with E-state index in [9.17, 15) is 0 Å². The third-order valence-corrected chi connectivity index (χ3v) is 3.85. The predicted octanol–water partition coefficient (Wildman–Crippen LogP) is 3.15. The van der Waals surface area contributed by atoms with E-state index in [1.54, 1.807) is 6.20 Å². The average Bonchev–Trinajstić information content (AvgIpc) is 3.09. The molecule has 0 radical (unpaired) electrons. The number of benzene rings is 1. The van der Waals surface area contributed by atoms with Gasteiger partial charge in [-0.05, 0) is 18.6 Å². The largest absolute Gasteiger partial charge is 0.327 e. The lowest BCUT2D eigenvalue weighted by atomic mass is 10.3. The molecule has 0 saturated carbocycles. The smallest absolute Gasteiger partial charge is 0.111 e. The second kappa shape index (κ2) is 6.45. The maximum absolute atomic E-state index is 6.33. The first kappa shape index (κ1) is 14.4. The first-order chi connectivity index (χ1) is 10.3. The van der Waals surface area contributed by atoms with Crippen LogP contribution in [0.1, 0.15) is 12.2 Å². The zero-order chi connectivity index (χ0) is 14.7. The van der Waals surface area contributed by atoms with E-state index in [1.165, 1.54) is 0 Å². The molecule has 5 nitrogen and oxygen atoms in total. The molecule has 3 rings (SSSR count). The molecule has 110 valence electrons. The van der Waals surface area contributed by atoms with E-state index in [-0.39, 0.29) is 0 Å². The normalized spacial score (nSPS) is 11.3. The van der Waals surface area contributed by atoms with E-state index in [4.69, 9.17) is 23.2 Å². The lowest BCUT2D eigenvalue weighted by molar-refractivity contribution is 0.512. The number of nitrogens with zero attached hydrogens (tertiary/aromatic N) is 5. The SMILES string of the molecule is ClCCc1nc2cccc(Cl)c2n1CCCn1ccnn1. The van der Waals surface area contributed by atoms with Crippen LogP contribution in [0.5, 0.6) is 0 Å². The molecule has 0 atom stereocenters. The Balaban J connectivity index is 1.86. The van der Waals surface area contributed by atoms with Crippen molar-refractivity contribution < 1.29 is 0 Å².